The van der Waals surface area contributed by atoms with Gasteiger partial charge < -0.3 is 15.0 Å². The largest absolute Gasteiger partial charge is 0.340 e. The summed E-state index contributed by atoms with van der Waals surface area (Å²) in [5, 5.41) is 2.99. The van der Waals surface area contributed by atoms with Crippen LogP contribution in [-0.4, -0.2) is 60.1 Å². The number of carbonyl (C=O) groups is 3. The molecule has 0 aliphatic carbocycles. The number of Topliss-reactive ketones (excluding diaryl/α,β-unsaturated/α-hetero) is 1. The van der Waals surface area contributed by atoms with E-state index in [0.29, 0.717) is 39.1 Å². The number of amides is 2. The van der Waals surface area contributed by atoms with Crippen molar-refractivity contribution in [3.05, 3.63) is 29.3 Å². The minimum atomic E-state index is -0.0336. The van der Waals surface area contributed by atoms with E-state index in [4.69, 9.17) is 0 Å². The second-order valence-corrected chi connectivity index (χ2v) is 6.67. The van der Waals surface area contributed by atoms with E-state index in [-0.39, 0.29) is 24.0 Å². The lowest BCUT2D eigenvalue weighted by Gasteiger charge is -2.34. The standard InChI is InChI=1S/C19H27N3O3/c1-14-5-4-6-15(2)19(14)20-17(24)13-21-9-11-22(12-10-21)18(25)8-7-16(3)23/h4-6H,7-13H2,1-3H3,(H,20,24). The van der Waals surface area contributed by atoms with E-state index in [1.54, 1.807) is 4.90 Å². The summed E-state index contributed by atoms with van der Waals surface area (Å²) in [6.07, 6.45) is 0.583. The van der Waals surface area contributed by atoms with Gasteiger partial charge in [-0.2, -0.15) is 0 Å². The average Bonchev–Trinajstić information content (AvgIpc) is 2.57. The lowest BCUT2D eigenvalue weighted by Crippen LogP contribution is -2.50. The maximum absolute atomic E-state index is 12.3. The fraction of sp³-hybridized carbons (Fsp3) is 0.526. The van der Waals surface area contributed by atoms with Gasteiger partial charge in [0.1, 0.15) is 5.78 Å². The van der Waals surface area contributed by atoms with Crippen molar-refractivity contribution in [2.24, 2.45) is 0 Å². The monoisotopic (exact) mass is 345 g/mol. The number of anilines is 1. The van der Waals surface area contributed by atoms with Gasteiger partial charge in [0.05, 0.1) is 6.54 Å². The van der Waals surface area contributed by atoms with Crippen molar-refractivity contribution in [1.82, 2.24) is 9.80 Å². The second kappa shape index (κ2) is 8.76. The summed E-state index contributed by atoms with van der Waals surface area (Å²) in [5.41, 5.74) is 2.98. The molecule has 0 radical (unpaired) electrons. The van der Waals surface area contributed by atoms with Crippen molar-refractivity contribution in [2.75, 3.05) is 38.0 Å². The number of nitrogens with one attached hydrogen (secondary N) is 1. The highest BCUT2D eigenvalue weighted by Gasteiger charge is 2.22. The third kappa shape index (κ3) is 5.67. The SMILES string of the molecule is CC(=O)CCC(=O)N1CCN(CC(=O)Nc2c(C)cccc2C)CC1. The fourth-order valence-electron chi connectivity index (χ4n) is 2.99. The highest BCUT2D eigenvalue weighted by Crippen LogP contribution is 2.19. The molecule has 0 aromatic heterocycles. The number of hydrogen-bond donors (Lipinski definition) is 1. The first-order chi connectivity index (χ1) is 11.9. The smallest absolute Gasteiger partial charge is 0.238 e. The average molecular weight is 345 g/mol. The lowest BCUT2D eigenvalue weighted by atomic mass is 10.1. The minimum Gasteiger partial charge on any atom is -0.340 e. The van der Waals surface area contributed by atoms with Crippen molar-refractivity contribution in [1.29, 1.82) is 0 Å². The number of carbonyl (C=O) groups excluding carboxylic acids is 3. The van der Waals surface area contributed by atoms with Gasteiger partial charge in [0.15, 0.2) is 0 Å². The van der Waals surface area contributed by atoms with E-state index in [0.717, 1.165) is 16.8 Å². The molecule has 0 atom stereocenters. The molecular formula is C19H27N3O3. The molecular weight excluding hydrogens is 318 g/mol. The Morgan fingerprint density at radius 1 is 1.00 bits per heavy atom. The third-order valence-electron chi connectivity index (χ3n) is 4.53. The topological polar surface area (TPSA) is 69.7 Å². The van der Waals surface area contributed by atoms with Gasteiger partial charge in [-0.15, -0.1) is 0 Å². The van der Waals surface area contributed by atoms with E-state index in [1.807, 2.05) is 32.0 Å². The number of nitrogens with zero attached hydrogens (tertiary/aromatic N) is 2. The van der Waals surface area contributed by atoms with Gasteiger partial charge in [-0.25, -0.2) is 0 Å². The van der Waals surface area contributed by atoms with Gasteiger partial charge in [-0.05, 0) is 31.9 Å². The third-order valence-corrected chi connectivity index (χ3v) is 4.53. The van der Waals surface area contributed by atoms with Crippen molar-refractivity contribution >= 4 is 23.3 Å². The van der Waals surface area contributed by atoms with Crippen LogP contribution < -0.4 is 5.32 Å². The molecule has 6 nitrogen and oxygen atoms in total. The summed E-state index contributed by atoms with van der Waals surface area (Å²) >= 11 is 0. The summed E-state index contributed by atoms with van der Waals surface area (Å²) in [7, 11) is 0. The molecule has 0 unspecified atom stereocenters. The van der Waals surface area contributed by atoms with Crippen LogP contribution in [0.1, 0.15) is 30.9 Å². The minimum absolute atomic E-state index is 0.0230. The predicted octanol–water partition coefficient (Wildman–Crippen LogP) is 1.76. The molecule has 2 amide bonds. The summed E-state index contributed by atoms with van der Waals surface area (Å²) in [4.78, 5) is 39.1. The molecule has 1 aliphatic rings. The van der Waals surface area contributed by atoms with Gasteiger partial charge in [0.25, 0.3) is 0 Å². The predicted molar refractivity (Wildman–Crippen MR) is 97.5 cm³/mol. The van der Waals surface area contributed by atoms with Crippen molar-refractivity contribution in [3.63, 3.8) is 0 Å². The normalized spacial score (nSPS) is 15.1. The summed E-state index contributed by atoms with van der Waals surface area (Å²) in [6, 6.07) is 5.94. The summed E-state index contributed by atoms with van der Waals surface area (Å²) in [5.74, 6) is 0.0266. The van der Waals surface area contributed by atoms with Crippen LogP contribution in [0.15, 0.2) is 18.2 Å². The molecule has 1 aliphatic heterocycles. The first-order valence-corrected chi connectivity index (χ1v) is 8.72. The Kier molecular flexibility index (Phi) is 6.70. The van der Waals surface area contributed by atoms with E-state index in [9.17, 15) is 14.4 Å². The summed E-state index contributed by atoms with van der Waals surface area (Å²) in [6.45, 7) is 8.34. The zero-order chi connectivity index (χ0) is 18.4. The zero-order valence-electron chi connectivity index (χ0n) is 15.3. The van der Waals surface area contributed by atoms with Crippen LogP contribution in [0, 0.1) is 13.8 Å². The van der Waals surface area contributed by atoms with Crippen LogP contribution in [0.3, 0.4) is 0 Å². The highest BCUT2D eigenvalue weighted by atomic mass is 16.2. The van der Waals surface area contributed by atoms with Crippen LogP contribution in [0.25, 0.3) is 0 Å². The number of piperazine rings is 1. The molecule has 136 valence electrons. The fourth-order valence-corrected chi connectivity index (χ4v) is 2.99. The molecule has 25 heavy (non-hydrogen) atoms. The van der Waals surface area contributed by atoms with Crippen LogP contribution >= 0.6 is 0 Å². The van der Waals surface area contributed by atoms with Gasteiger partial charge in [0.2, 0.25) is 11.8 Å². The molecule has 1 saturated heterocycles. The second-order valence-electron chi connectivity index (χ2n) is 6.67. The van der Waals surface area contributed by atoms with Crippen molar-refractivity contribution in [2.45, 2.75) is 33.6 Å². The van der Waals surface area contributed by atoms with E-state index >= 15 is 0 Å². The molecule has 1 aromatic carbocycles. The number of aryl methyl sites for hydroxylation is 2. The molecule has 1 heterocycles. The van der Waals surface area contributed by atoms with E-state index in [2.05, 4.69) is 10.2 Å². The molecule has 1 N–H and O–H groups in total. The van der Waals surface area contributed by atoms with Crippen LogP contribution in [0.5, 0.6) is 0 Å². The van der Waals surface area contributed by atoms with Gasteiger partial charge in [-0.3, -0.25) is 14.5 Å². The Bertz CT molecular complexity index is 629. The number of ketones is 1. The first-order valence-electron chi connectivity index (χ1n) is 8.72. The maximum Gasteiger partial charge on any atom is 0.238 e. The first kappa shape index (κ1) is 19.1. The van der Waals surface area contributed by atoms with E-state index < -0.39 is 0 Å². The molecule has 1 fully saturated rings. The molecule has 6 heteroatoms. The number of benzene rings is 1. The van der Waals surface area contributed by atoms with Gasteiger partial charge >= 0.3 is 0 Å². The quantitative estimate of drug-likeness (QED) is 0.853. The Labute approximate surface area is 149 Å². The number of rotatable bonds is 6. The zero-order valence-corrected chi connectivity index (χ0v) is 15.3. The maximum atomic E-state index is 12.3. The molecule has 1 aromatic rings. The Morgan fingerprint density at radius 2 is 1.60 bits per heavy atom. The van der Waals surface area contributed by atoms with Crippen LogP contribution in [0.2, 0.25) is 0 Å². The highest BCUT2D eigenvalue weighted by molar-refractivity contribution is 5.93. The van der Waals surface area contributed by atoms with Crippen molar-refractivity contribution < 1.29 is 14.4 Å². The molecule has 0 saturated carbocycles. The Hall–Kier alpha value is -2.21. The van der Waals surface area contributed by atoms with E-state index in [1.165, 1.54) is 6.92 Å². The Balaban J connectivity index is 1.79. The molecule has 0 spiro atoms. The Morgan fingerprint density at radius 3 is 2.16 bits per heavy atom. The molecule has 2 rings (SSSR count). The van der Waals surface area contributed by atoms with Crippen LogP contribution in [-0.2, 0) is 14.4 Å². The number of hydrogen-bond acceptors (Lipinski definition) is 4. The summed E-state index contributed by atoms with van der Waals surface area (Å²) < 4.78 is 0. The van der Waals surface area contributed by atoms with Crippen LogP contribution in [0.4, 0.5) is 5.69 Å². The molecule has 0 bridgehead atoms. The van der Waals surface area contributed by atoms with Gasteiger partial charge in [0, 0.05) is 44.7 Å². The van der Waals surface area contributed by atoms with Crippen molar-refractivity contribution in [3.8, 4) is 0 Å². The number of para-hydroxylation sites is 1. The lowest BCUT2D eigenvalue weighted by molar-refractivity contribution is -0.134. The van der Waals surface area contributed by atoms with Gasteiger partial charge in [-0.1, -0.05) is 18.2 Å².